The number of nitrogens with one attached hydrogen (secondary N) is 1. The van der Waals surface area contributed by atoms with Crippen molar-refractivity contribution in [2.45, 2.75) is 39.0 Å². The Hall–Kier alpha value is -2.44. The van der Waals surface area contributed by atoms with Crippen LogP contribution in [0.2, 0.25) is 0 Å². The zero-order chi connectivity index (χ0) is 17.1. The van der Waals surface area contributed by atoms with Gasteiger partial charge in [0.1, 0.15) is 11.5 Å². The zero-order valence-corrected chi connectivity index (χ0v) is 14.2. The average molecular weight is 328 g/mol. The summed E-state index contributed by atoms with van der Waals surface area (Å²) in [4.78, 5) is 30.6. The molecule has 0 spiro atoms. The molecule has 2 aromatic heterocycles. The van der Waals surface area contributed by atoms with Crippen LogP contribution in [0.25, 0.3) is 0 Å². The molecule has 1 amide bonds. The van der Waals surface area contributed by atoms with Crippen molar-refractivity contribution in [1.82, 2.24) is 24.8 Å². The van der Waals surface area contributed by atoms with Gasteiger partial charge in [-0.25, -0.2) is 15.0 Å². The molecule has 0 saturated carbocycles. The van der Waals surface area contributed by atoms with Gasteiger partial charge in [-0.05, 0) is 31.2 Å². The molecule has 7 heteroatoms. The summed E-state index contributed by atoms with van der Waals surface area (Å²) in [6, 6.07) is 1.77. The number of H-pyrrole nitrogens is 1. The molecule has 1 atom stereocenters. The van der Waals surface area contributed by atoms with Crippen LogP contribution in [-0.4, -0.2) is 43.8 Å². The van der Waals surface area contributed by atoms with Gasteiger partial charge in [-0.2, -0.15) is 0 Å². The SMILES string of the molecule is CC(C)Cc1cc(C(=O)N2CCC[C@@H](c3ncc[nH]3)C2)nc(N)n1. The summed E-state index contributed by atoms with van der Waals surface area (Å²) >= 11 is 0. The third-order valence-corrected chi connectivity index (χ3v) is 4.25. The number of anilines is 1. The van der Waals surface area contributed by atoms with Crippen LogP contribution in [0, 0.1) is 5.92 Å². The molecule has 2 aromatic rings. The number of piperidine rings is 1. The minimum absolute atomic E-state index is 0.0784. The number of amides is 1. The minimum atomic E-state index is -0.0784. The Bertz CT molecular complexity index is 697. The van der Waals surface area contributed by atoms with Gasteiger partial charge in [-0.3, -0.25) is 4.79 Å². The maximum atomic E-state index is 12.9. The highest BCUT2D eigenvalue weighted by Gasteiger charge is 2.27. The first kappa shape index (κ1) is 16.4. The monoisotopic (exact) mass is 328 g/mol. The quantitative estimate of drug-likeness (QED) is 0.894. The van der Waals surface area contributed by atoms with Crippen molar-refractivity contribution in [2.24, 2.45) is 5.92 Å². The van der Waals surface area contributed by atoms with Gasteiger partial charge in [0.05, 0.1) is 0 Å². The van der Waals surface area contributed by atoms with Crippen molar-refractivity contribution in [2.75, 3.05) is 18.8 Å². The Labute approximate surface area is 141 Å². The number of hydrogen-bond acceptors (Lipinski definition) is 5. The standard InChI is InChI=1S/C17H24N6O/c1-11(2)8-13-9-14(22-17(18)21-13)16(24)23-7-3-4-12(10-23)15-19-5-6-20-15/h5-6,9,11-12H,3-4,7-8,10H2,1-2H3,(H,19,20)(H2,18,21,22)/t12-/m1/s1. The Morgan fingerprint density at radius 3 is 3.00 bits per heavy atom. The molecule has 24 heavy (non-hydrogen) atoms. The van der Waals surface area contributed by atoms with Crippen molar-refractivity contribution in [3.63, 3.8) is 0 Å². The highest BCUT2D eigenvalue weighted by Crippen LogP contribution is 2.25. The summed E-state index contributed by atoms with van der Waals surface area (Å²) in [5, 5.41) is 0. The maximum Gasteiger partial charge on any atom is 0.272 e. The molecule has 1 aliphatic rings. The molecule has 7 nitrogen and oxygen atoms in total. The molecular weight excluding hydrogens is 304 g/mol. The number of carbonyl (C=O) groups excluding carboxylic acids is 1. The number of nitrogens with zero attached hydrogens (tertiary/aromatic N) is 4. The second kappa shape index (κ2) is 6.98. The van der Waals surface area contributed by atoms with Gasteiger partial charge in [0, 0.05) is 37.1 Å². The van der Waals surface area contributed by atoms with Crippen LogP contribution in [0.3, 0.4) is 0 Å². The lowest BCUT2D eigenvalue weighted by Gasteiger charge is -2.31. The molecule has 0 aliphatic carbocycles. The van der Waals surface area contributed by atoms with E-state index < -0.39 is 0 Å². The first-order valence-corrected chi connectivity index (χ1v) is 8.45. The number of aromatic amines is 1. The molecule has 1 saturated heterocycles. The van der Waals surface area contributed by atoms with E-state index in [-0.39, 0.29) is 17.8 Å². The topological polar surface area (TPSA) is 101 Å². The van der Waals surface area contributed by atoms with Crippen LogP contribution in [-0.2, 0) is 6.42 Å². The molecule has 3 N–H and O–H groups in total. The average Bonchev–Trinajstić information content (AvgIpc) is 3.07. The van der Waals surface area contributed by atoms with E-state index in [1.54, 1.807) is 12.3 Å². The lowest BCUT2D eigenvalue weighted by Crippen LogP contribution is -2.39. The van der Waals surface area contributed by atoms with Gasteiger partial charge >= 0.3 is 0 Å². The van der Waals surface area contributed by atoms with Gasteiger partial charge < -0.3 is 15.6 Å². The summed E-state index contributed by atoms with van der Waals surface area (Å²) in [6.07, 6.45) is 6.33. The van der Waals surface area contributed by atoms with Crippen LogP contribution in [0.4, 0.5) is 5.95 Å². The van der Waals surface area contributed by atoms with Crippen LogP contribution >= 0.6 is 0 Å². The van der Waals surface area contributed by atoms with E-state index in [0.717, 1.165) is 37.3 Å². The third-order valence-electron chi connectivity index (χ3n) is 4.25. The molecule has 3 heterocycles. The van der Waals surface area contributed by atoms with Crippen LogP contribution < -0.4 is 5.73 Å². The van der Waals surface area contributed by atoms with E-state index in [1.165, 1.54) is 0 Å². The van der Waals surface area contributed by atoms with E-state index in [1.807, 2.05) is 11.1 Å². The van der Waals surface area contributed by atoms with Gasteiger partial charge in [0.2, 0.25) is 5.95 Å². The van der Waals surface area contributed by atoms with Crippen molar-refractivity contribution >= 4 is 11.9 Å². The third kappa shape index (κ3) is 3.72. The van der Waals surface area contributed by atoms with E-state index in [4.69, 9.17) is 5.73 Å². The summed E-state index contributed by atoms with van der Waals surface area (Å²) in [7, 11) is 0. The number of likely N-dealkylation sites (tertiary alicyclic amines) is 1. The number of aromatic nitrogens is 4. The predicted molar refractivity (Wildman–Crippen MR) is 91.5 cm³/mol. The molecule has 0 aromatic carbocycles. The first-order chi connectivity index (χ1) is 11.5. The van der Waals surface area contributed by atoms with Crippen molar-refractivity contribution in [3.8, 4) is 0 Å². The number of rotatable bonds is 4. The molecule has 128 valence electrons. The summed E-state index contributed by atoms with van der Waals surface area (Å²) in [5.74, 6) is 1.71. The Morgan fingerprint density at radius 2 is 2.29 bits per heavy atom. The number of imidazole rings is 1. The second-order valence-corrected chi connectivity index (χ2v) is 6.77. The maximum absolute atomic E-state index is 12.9. The van der Waals surface area contributed by atoms with E-state index in [9.17, 15) is 4.79 Å². The fraction of sp³-hybridized carbons (Fsp3) is 0.529. The van der Waals surface area contributed by atoms with E-state index in [0.29, 0.717) is 18.2 Å². The normalized spacial score (nSPS) is 18.1. The summed E-state index contributed by atoms with van der Waals surface area (Å²) < 4.78 is 0. The lowest BCUT2D eigenvalue weighted by molar-refractivity contribution is 0.0698. The second-order valence-electron chi connectivity index (χ2n) is 6.77. The Balaban J connectivity index is 1.77. The predicted octanol–water partition coefficient (Wildman–Crippen LogP) is 2.00. The van der Waals surface area contributed by atoms with Gasteiger partial charge in [0.25, 0.3) is 5.91 Å². The lowest BCUT2D eigenvalue weighted by atomic mass is 9.97. The van der Waals surface area contributed by atoms with Crippen LogP contribution in [0.5, 0.6) is 0 Å². The number of nitrogen functional groups attached to an aromatic ring is 1. The smallest absolute Gasteiger partial charge is 0.272 e. The fourth-order valence-corrected chi connectivity index (χ4v) is 3.20. The highest BCUT2D eigenvalue weighted by atomic mass is 16.2. The van der Waals surface area contributed by atoms with Crippen LogP contribution in [0.1, 0.15) is 54.6 Å². The molecular formula is C17H24N6O. The minimum Gasteiger partial charge on any atom is -0.368 e. The number of carbonyl (C=O) groups is 1. The zero-order valence-electron chi connectivity index (χ0n) is 14.2. The largest absolute Gasteiger partial charge is 0.368 e. The molecule has 1 aliphatic heterocycles. The summed E-state index contributed by atoms with van der Waals surface area (Å²) in [6.45, 7) is 5.60. The summed E-state index contributed by atoms with van der Waals surface area (Å²) in [5.41, 5.74) is 7.01. The van der Waals surface area contributed by atoms with Gasteiger partial charge in [0.15, 0.2) is 0 Å². The van der Waals surface area contributed by atoms with Gasteiger partial charge in [-0.15, -0.1) is 0 Å². The molecule has 3 rings (SSSR count). The van der Waals surface area contributed by atoms with Gasteiger partial charge in [-0.1, -0.05) is 13.8 Å². The fourth-order valence-electron chi connectivity index (χ4n) is 3.20. The molecule has 0 bridgehead atoms. The molecule has 0 radical (unpaired) electrons. The first-order valence-electron chi connectivity index (χ1n) is 8.45. The number of nitrogens with two attached hydrogens (primary N) is 1. The Kier molecular flexibility index (Phi) is 4.78. The molecule has 1 fully saturated rings. The number of hydrogen-bond donors (Lipinski definition) is 2. The van der Waals surface area contributed by atoms with Crippen LogP contribution in [0.15, 0.2) is 18.5 Å². The van der Waals surface area contributed by atoms with Crippen molar-refractivity contribution < 1.29 is 4.79 Å². The van der Waals surface area contributed by atoms with E-state index >= 15 is 0 Å². The Morgan fingerprint density at radius 1 is 1.46 bits per heavy atom. The van der Waals surface area contributed by atoms with E-state index in [2.05, 4.69) is 33.8 Å². The highest BCUT2D eigenvalue weighted by molar-refractivity contribution is 5.92. The van der Waals surface area contributed by atoms with Crippen molar-refractivity contribution in [1.29, 1.82) is 0 Å². The molecule has 0 unspecified atom stereocenters. The van der Waals surface area contributed by atoms with Crippen molar-refractivity contribution in [3.05, 3.63) is 35.7 Å².